The number of aliphatic hydroxyl groups is 1. The quantitative estimate of drug-likeness (QED) is 0.393. The van der Waals surface area contributed by atoms with Crippen LogP contribution < -0.4 is 14.2 Å². The van der Waals surface area contributed by atoms with Gasteiger partial charge in [0.15, 0.2) is 11.5 Å². The van der Waals surface area contributed by atoms with Gasteiger partial charge < -0.3 is 29.0 Å². The highest BCUT2D eigenvalue weighted by Gasteiger charge is 2.46. The molecule has 1 N–H and O–H groups in total. The molecule has 1 amide bonds. The lowest BCUT2D eigenvalue weighted by Gasteiger charge is -2.26. The van der Waals surface area contributed by atoms with Gasteiger partial charge in [-0.1, -0.05) is 30.3 Å². The van der Waals surface area contributed by atoms with E-state index in [4.69, 9.17) is 18.9 Å². The van der Waals surface area contributed by atoms with Crippen molar-refractivity contribution in [2.75, 3.05) is 41.6 Å². The zero-order valence-corrected chi connectivity index (χ0v) is 17.9. The number of likely N-dealkylation sites (tertiary alicyclic amines) is 1. The van der Waals surface area contributed by atoms with Crippen molar-refractivity contribution < 1.29 is 33.6 Å². The molecule has 0 saturated carbocycles. The van der Waals surface area contributed by atoms with E-state index >= 15 is 0 Å². The zero-order chi connectivity index (χ0) is 22.5. The molecule has 1 saturated heterocycles. The van der Waals surface area contributed by atoms with Gasteiger partial charge in [-0.3, -0.25) is 9.59 Å². The minimum Gasteiger partial charge on any atom is -0.507 e. The summed E-state index contributed by atoms with van der Waals surface area (Å²) in [6, 6.07) is 11.1. The third-order valence-electron chi connectivity index (χ3n) is 5.13. The molecule has 164 valence electrons. The SMILES string of the molecule is COCCN1C(=O)C(=O)C(=C(O)c2ccccc2)C1c1cc(OC)c(OC)c(OC)c1. The number of ketones is 1. The number of Topliss-reactive ketones (excluding diaryl/α,β-unsaturated/α-hetero) is 1. The normalized spacial score (nSPS) is 17.7. The van der Waals surface area contributed by atoms with E-state index in [1.165, 1.54) is 33.3 Å². The van der Waals surface area contributed by atoms with Crippen molar-refractivity contribution in [3.05, 3.63) is 59.2 Å². The highest BCUT2D eigenvalue weighted by molar-refractivity contribution is 6.46. The number of carbonyl (C=O) groups excluding carboxylic acids is 2. The Morgan fingerprint density at radius 3 is 2.10 bits per heavy atom. The van der Waals surface area contributed by atoms with Crippen LogP contribution in [0, 0.1) is 0 Å². The maximum absolute atomic E-state index is 13.0. The van der Waals surface area contributed by atoms with Crippen molar-refractivity contribution in [3.8, 4) is 17.2 Å². The molecule has 2 aromatic rings. The van der Waals surface area contributed by atoms with Gasteiger partial charge in [0.1, 0.15) is 5.76 Å². The Labute approximate surface area is 180 Å². The molecular weight excluding hydrogens is 402 g/mol. The minimum absolute atomic E-state index is 0.0124. The summed E-state index contributed by atoms with van der Waals surface area (Å²) >= 11 is 0. The number of aliphatic hydroxyl groups excluding tert-OH is 1. The second-order valence-electron chi connectivity index (χ2n) is 6.81. The number of ether oxygens (including phenoxy) is 4. The lowest BCUT2D eigenvalue weighted by molar-refractivity contribution is -0.140. The van der Waals surface area contributed by atoms with Gasteiger partial charge in [-0.2, -0.15) is 0 Å². The van der Waals surface area contributed by atoms with Gasteiger partial charge in [0.05, 0.1) is 39.6 Å². The summed E-state index contributed by atoms with van der Waals surface area (Å²) < 4.78 is 21.4. The number of amides is 1. The van der Waals surface area contributed by atoms with Gasteiger partial charge in [0.25, 0.3) is 11.7 Å². The molecule has 31 heavy (non-hydrogen) atoms. The first-order chi connectivity index (χ1) is 15.0. The fraction of sp³-hybridized carbons (Fsp3) is 0.304. The molecule has 2 aromatic carbocycles. The summed E-state index contributed by atoms with van der Waals surface area (Å²) in [6.07, 6.45) is 0. The molecule has 1 atom stereocenters. The molecule has 1 unspecified atom stereocenters. The van der Waals surface area contributed by atoms with Gasteiger partial charge >= 0.3 is 0 Å². The molecule has 0 aliphatic carbocycles. The summed E-state index contributed by atoms with van der Waals surface area (Å²) in [6.45, 7) is 0.382. The monoisotopic (exact) mass is 427 g/mol. The number of methoxy groups -OCH3 is 4. The smallest absolute Gasteiger partial charge is 0.295 e. The summed E-state index contributed by atoms with van der Waals surface area (Å²) in [4.78, 5) is 27.2. The minimum atomic E-state index is -0.857. The molecule has 0 bridgehead atoms. The first kappa shape index (κ1) is 22.2. The lowest BCUT2D eigenvalue weighted by atomic mass is 9.94. The summed E-state index contributed by atoms with van der Waals surface area (Å²) in [7, 11) is 5.95. The fourth-order valence-electron chi connectivity index (χ4n) is 3.66. The second kappa shape index (κ2) is 9.53. The molecule has 3 rings (SSSR count). The Bertz CT molecular complexity index is 975. The predicted octanol–water partition coefficient (Wildman–Crippen LogP) is 2.78. The number of hydrogen-bond acceptors (Lipinski definition) is 7. The molecule has 8 heteroatoms. The van der Waals surface area contributed by atoms with Crippen LogP contribution in [0.2, 0.25) is 0 Å². The molecule has 1 aliphatic heterocycles. The number of rotatable bonds is 8. The van der Waals surface area contributed by atoms with Crippen LogP contribution in [0.1, 0.15) is 17.2 Å². The highest BCUT2D eigenvalue weighted by Crippen LogP contribution is 2.45. The second-order valence-corrected chi connectivity index (χ2v) is 6.81. The van der Waals surface area contributed by atoms with Crippen molar-refractivity contribution in [1.82, 2.24) is 4.90 Å². The lowest BCUT2D eigenvalue weighted by Crippen LogP contribution is -2.32. The summed E-state index contributed by atoms with van der Waals surface area (Å²) in [5.74, 6) is -0.615. The van der Waals surface area contributed by atoms with Crippen LogP contribution in [0.3, 0.4) is 0 Å². The van der Waals surface area contributed by atoms with E-state index in [2.05, 4.69) is 0 Å². The van der Waals surface area contributed by atoms with Gasteiger partial charge in [-0.15, -0.1) is 0 Å². The Morgan fingerprint density at radius 1 is 0.968 bits per heavy atom. The van der Waals surface area contributed by atoms with Gasteiger partial charge in [-0.25, -0.2) is 0 Å². The average molecular weight is 427 g/mol. The van der Waals surface area contributed by atoms with Gasteiger partial charge in [0.2, 0.25) is 5.75 Å². The number of carbonyl (C=O) groups is 2. The third kappa shape index (κ3) is 4.06. The molecule has 0 spiro atoms. The fourth-order valence-corrected chi connectivity index (χ4v) is 3.66. The largest absolute Gasteiger partial charge is 0.507 e. The van der Waals surface area contributed by atoms with Crippen molar-refractivity contribution in [2.24, 2.45) is 0 Å². The molecule has 1 aliphatic rings. The van der Waals surface area contributed by atoms with Crippen LogP contribution in [0.5, 0.6) is 17.2 Å². The molecule has 0 aromatic heterocycles. The van der Waals surface area contributed by atoms with Crippen LogP contribution in [0.15, 0.2) is 48.0 Å². The summed E-state index contributed by atoms with van der Waals surface area (Å²) in [5.41, 5.74) is 0.952. The highest BCUT2D eigenvalue weighted by atomic mass is 16.5. The molecule has 1 heterocycles. The maximum Gasteiger partial charge on any atom is 0.295 e. The van der Waals surface area contributed by atoms with Crippen molar-refractivity contribution in [1.29, 1.82) is 0 Å². The third-order valence-corrected chi connectivity index (χ3v) is 5.13. The number of benzene rings is 2. The topological polar surface area (TPSA) is 94.5 Å². The zero-order valence-electron chi connectivity index (χ0n) is 17.9. The van der Waals surface area contributed by atoms with Crippen molar-refractivity contribution in [2.45, 2.75) is 6.04 Å². The Hall–Kier alpha value is -3.52. The van der Waals surface area contributed by atoms with E-state index in [0.29, 0.717) is 28.4 Å². The van der Waals surface area contributed by atoms with Crippen LogP contribution >= 0.6 is 0 Å². The van der Waals surface area contributed by atoms with E-state index in [9.17, 15) is 14.7 Å². The molecule has 8 nitrogen and oxygen atoms in total. The van der Waals surface area contributed by atoms with Crippen molar-refractivity contribution in [3.63, 3.8) is 0 Å². The van der Waals surface area contributed by atoms with Crippen LogP contribution in [0.4, 0.5) is 0 Å². The van der Waals surface area contributed by atoms with Gasteiger partial charge in [-0.05, 0) is 17.7 Å². The van der Waals surface area contributed by atoms with Crippen molar-refractivity contribution >= 4 is 17.4 Å². The number of hydrogen-bond donors (Lipinski definition) is 1. The Kier molecular flexibility index (Phi) is 6.81. The van der Waals surface area contributed by atoms with E-state index in [1.54, 1.807) is 42.5 Å². The molecular formula is C23H25NO7. The van der Waals surface area contributed by atoms with E-state index in [1.807, 2.05) is 0 Å². The van der Waals surface area contributed by atoms with Crippen LogP contribution in [0.25, 0.3) is 5.76 Å². The first-order valence-corrected chi connectivity index (χ1v) is 9.61. The van der Waals surface area contributed by atoms with Crippen LogP contribution in [-0.2, 0) is 14.3 Å². The van der Waals surface area contributed by atoms with Crippen LogP contribution in [-0.4, -0.2) is 63.3 Å². The standard InChI is InChI=1S/C23H25NO7/c1-28-11-10-24-19(15-12-16(29-2)22(31-4)17(13-15)30-3)18(21(26)23(24)27)20(25)14-8-6-5-7-9-14/h5-9,12-13,19,25H,10-11H2,1-4H3. The molecule has 0 radical (unpaired) electrons. The maximum atomic E-state index is 13.0. The predicted molar refractivity (Wildman–Crippen MR) is 113 cm³/mol. The Balaban J connectivity index is 2.25. The first-order valence-electron chi connectivity index (χ1n) is 9.61. The Morgan fingerprint density at radius 2 is 1.58 bits per heavy atom. The van der Waals surface area contributed by atoms with Gasteiger partial charge in [0, 0.05) is 19.2 Å². The molecule has 1 fully saturated rings. The summed E-state index contributed by atoms with van der Waals surface area (Å²) in [5, 5.41) is 11.0. The number of nitrogens with zero attached hydrogens (tertiary/aromatic N) is 1. The van der Waals surface area contributed by atoms with E-state index in [-0.39, 0.29) is 24.5 Å². The average Bonchev–Trinajstić information content (AvgIpc) is 3.06. The van der Waals surface area contributed by atoms with E-state index < -0.39 is 17.7 Å². The van der Waals surface area contributed by atoms with E-state index in [0.717, 1.165) is 0 Å².